The zero-order chi connectivity index (χ0) is 27.3. The predicted octanol–water partition coefficient (Wildman–Crippen LogP) is 6.27. The molecule has 38 heavy (non-hydrogen) atoms. The predicted molar refractivity (Wildman–Crippen MR) is 149 cm³/mol. The summed E-state index contributed by atoms with van der Waals surface area (Å²) in [5, 5.41) is 0.755. The number of amides is 1. The first-order valence-corrected chi connectivity index (χ1v) is 15.2. The van der Waals surface area contributed by atoms with E-state index < -0.39 is 9.84 Å². The van der Waals surface area contributed by atoms with Gasteiger partial charge in [0.05, 0.1) is 41.4 Å². The van der Waals surface area contributed by atoms with Crippen molar-refractivity contribution in [1.82, 2.24) is 14.5 Å². The van der Waals surface area contributed by atoms with Crippen molar-refractivity contribution in [2.75, 3.05) is 20.3 Å². The van der Waals surface area contributed by atoms with E-state index in [1.807, 2.05) is 35.8 Å². The van der Waals surface area contributed by atoms with Gasteiger partial charge in [0.25, 0.3) is 5.91 Å². The van der Waals surface area contributed by atoms with Crippen molar-refractivity contribution in [3.05, 3.63) is 81.1 Å². The van der Waals surface area contributed by atoms with Crippen molar-refractivity contribution in [1.29, 1.82) is 0 Å². The minimum atomic E-state index is -3.74. The smallest absolute Gasteiger partial charge is 0.255 e. The molecule has 10 heteroatoms. The van der Waals surface area contributed by atoms with Gasteiger partial charge in [-0.3, -0.25) is 4.79 Å². The Morgan fingerprint density at radius 2 is 1.89 bits per heavy atom. The third-order valence-electron chi connectivity index (χ3n) is 6.86. The summed E-state index contributed by atoms with van der Waals surface area (Å²) in [5.74, 6) is -0.422. The second kappa shape index (κ2) is 12.6. The van der Waals surface area contributed by atoms with Gasteiger partial charge >= 0.3 is 0 Å². The van der Waals surface area contributed by atoms with Gasteiger partial charge in [-0.15, -0.1) is 0 Å². The Hall–Kier alpha value is -2.39. The molecule has 3 aromatic rings. The number of nitrogens with zero attached hydrogens (tertiary/aromatic N) is 3. The van der Waals surface area contributed by atoms with Crippen molar-refractivity contribution in [3.63, 3.8) is 0 Å². The van der Waals surface area contributed by atoms with Gasteiger partial charge in [0.2, 0.25) is 15.0 Å². The minimum absolute atomic E-state index is 0.00188. The van der Waals surface area contributed by atoms with Crippen LogP contribution in [0, 0.1) is 6.92 Å². The highest BCUT2D eigenvalue weighted by Gasteiger charge is 2.30. The number of ether oxygens (including phenoxy) is 1. The molecule has 1 aliphatic carbocycles. The van der Waals surface area contributed by atoms with Crippen molar-refractivity contribution < 1.29 is 17.9 Å². The first kappa shape index (κ1) is 28.6. The maximum Gasteiger partial charge on any atom is 0.255 e. The zero-order valence-electron chi connectivity index (χ0n) is 21.7. The van der Waals surface area contributed by atoms with Crippen LogP contribution in [0.2, 0.25) is 10.0 Å². The Morgan fingerprint density at radius 1 is 1.13 bits per heavy atom. The average Bonchev–Trinajstić information content (AvgIpc) is 3.31. The summed E-state index contributed by atoms with van der Waals surface area (Å²) in [7, 11) is -2.17. The van der Waals surface area contributed by atoms with Crippen LogP contribution in [-0.4, -0.2) is 49.0 Å². The van der Waals surface area contributed by atoms with E-state index in [9.17, 15) is 13.2 Å². The molecule has 1 saturated carbocycles. The van der Waals surface area contributed by atoms with Crippen LogP contribution in [0.5, 0.6) is 0 Å². The van der Waals surface area contributed by atoms with Crippen molar-refractivity contribution in [2.45, 2.75) is 62.5 Å². The van der Waals surface area contributed by atoms with E-state index >= 15 is 0 Å². The second-order valence-corrected chi connectivity index (χ2v) is 12.5. The number of aromatic nitrogens is 2. The largest absolute Gasteiger partial charge is 0.383 e. The number of sulfone groups is 1. The standard InChI is InChI=1S/C28H33Cl2N3O4S/c1-20-7-6-8-21(15-20)19-38(35,36)28-31-17-24(33(28)23-9-4-3-5-10-23)18-32(13-14-37-2)27(34)25-12-11-22(29)16-26(25)30/h6-8,11-12,15-17,23H,3-5,9-10,13-14,18-19H2,1-2H3. The highest BCUT2D eigenvalue weighted by Crippen LogP contribution is 2.33. The molecule has 7 nitrogen and oxygen atoms in total. The van der Waals surface area contributed by atoms with Crippen LogP contribution >= 0.6 is 23.2 Å². The van der Waals surface area contributed by atoms with Gasteiger partial charge in [-0.1, -0.05) is 72.3 Å². The molecular weight excluding hydrogens is 545 g/mol. The first-order chi connectivity index (χ1) is 18.2. The molecule has 0 N–H and O–H groups in total. The summed E-state index contributed by atoms with van der Waals surface area (Å²) in [6, 6.07) is 12.3. The van der Waals surface area contributed by atoms with E-state index in [1.165, 1.54) is 6.07 Å². The van der Waals surface area contributed by atoms with Crippen LogP contribution in [0.3, 0.4) is 0 Å². The summed E-state index contributed by atoms with van der Waals surface area (Å²) >= 11 is 12.4. The topological polar surface area (TPSA) is 81.5 Å². The fourth-order valence-corrected chi connectivity index (χ4v) is 7.04. The van der Waals surface area contributed by atoms with Gasteiger partial charge in [-0.05, 0) is 43.5 Å². The molecule has 0 unspecified atom stereocenters. The molecular formula is C28H33Cl2N3O4S. The lowest BCUT2D eigenvalue weighted by Gasteiger charge is -2.29. The number of imidazole rings is 1. The molecule has 2 aromatic carbocycles. The normalized spacial score (nSPS) is 14.5. The van der Waals surface area contributed by atoms with Crippen LogP contribution in [0.4, 0.5) is 0 Å². The maximum absolute atomic E-state index is 13.7. The number of benzene rings is 2. The Kier molecular flexibility index (Phi) is 9.52. The summed E-state index contributed by atoms with van der Waals surface area (Å²) in [5.41, 5.74) is 2.72. The molecule has 0 atom stereocenters. The highest BCUT2D eigenvalue weighted by atomic mass is 35.5. The van der Waals surface area contributed by atoms with Gasteiger partial charge < -0.3 is 14.2 Å². The van der Waals surface area contributed by atoms with Crippen LogP contribution in [0.25, 0.3) is 0 Å². The monoisotopic (exact) mass is 577 g/mol. The third kappa shape index (κ3) is 6.78. The molecule has 1 heterocycles. The number of halogens is 2. The molecule has 1 fully saturated rings. The fourth-order valence-electron chi connectivity index (χ4n) is 5.02. The Bertz CT molecular complexity index is 1380. The van der Waals surface area contributed by atoms with Crippen molar-refractivity contribution >= 4 is 38.9 Å². The Balaban J connectivity index is 1.71. The Morgan fingerprint density at radius 3 is 2.58 bits per heavy atom. The lowest BCUT2D eigenvalue weighted by Crippen LogP contribution is -2.35. The number of aryl methyl sites for hydroxylation is 1. The minimum Gasteiger partial charge on any atom is -0.383 e. The summed E-state index contributed by atoms with van der Waals surface area (Å²) in [6.45, 7) is 2.73. The van der Waals surface area contributed by atoms with E-state index in [-0.39, 0.29) is 34.4 Å². The lowest BCUT2D eigenvalue weighted by molar-refractivity contribution is 0.0673. The van der Waals surface area contributed by atoms with E-state index in [4.69, 9.17) is 27.9 Å². The summed E-state index contributed by atoms with van der Waals surface area (Å²) in [4.78, 5) is 19.6. The molecule has 204 valence electrons. The molecule has 1 amide bonds. The number of hydrogen-bond donors (Lipinski definition) is 0. The average molecular weight is 579 g/mol. The van der Waals surface area contributed by atoms with Gasteiger partial charge in [0, 0.05) is 24.7 Å². The molecule has 0 radical (unpaired) electrons. The van der Waals surface area contributed by atoms with Gasteiger partial charge in [0.15, 0.2) is 0 Å². The third-order valence-corrected chi connectivity index (χ3v) is 8.98. The number of carbonyl (C=O) groups is 1. The number of carbonyl (C=O) groups excluding carboxylic acids is 1. The molecule has 4 rings (SSSR count). The molecule has 1 aliphatic rings. The SMILES string of the molecule is COCCN(Cc1cnc(S(=O)(=O)Cc2cccc(C)c2)n1C1CCCCC1)C(=O)c1ccc(Cl)cc1Cl. The fraction of sp³-hybridized carbons (Fsp3) is 0.429. The summed E-state index contributed by atoms with van der Waals surface area (Å²) < 4.78 is 34.5. The molecule has 0 aliphatic heterocycles. The molecule has 1 aromatic heterocycles. The first-order valence-electron chi connectivity index (χ1n) is 12.8. The van der Waals surface area contributed by atoms with Crippen molar-refractivity contribution in [2.24, 2.45) is 0 Å². The number of methoxy groups -OCH3 is 1. The maximum atomic E-state index is 13.7. The zero-order valence-corrected chi connectivity index (χ0v) is 24.0. The van der Waals surface area contributed by atoms with Crippen LogP contribution in [0.1, 0.15) is 65.3 Å². The second-order valence-electron chi connectivity index (χ2n) is 9.79. The highest BCUT2D eigenvalue weighted by molar-refractivity contribution is 7.90. The van der Waals surface area contributed by atoms with Crippen LogP contribution in [0.15, 0.2) is 53.8 Å². The van der Waals surface area contributed by atoms with E-state index in [0.717, 1.165) is 43.2 Å². The summed E-state index contributed by atoms with van der Waals surface area (Å²) in [6.07, 6.45) is 6.49. The number of hydrogen-bond acceptors (Lipinski definition) is 5. The van der Waals surface area contributed by atoms with Gasteiger partial charge in [-0.25, -0.2) is 13.4 Å². The van der Waals surface area contributed by atoms with E-state index in [1.54, 1.807) is 30.3 Å². The van der Waals surface area contributed by atoms with Crippen LogP contribution < -0.4 is 0 Å². The molecule has 0 spiro atoms. The van der Waals surface area contributed by atoms with E-state index in [2.05, 4.69) is 4.98 Å². The molecule has 0 bridgehead atoms. The molecule has 0 saturated heterocycles. The lowest BCUT2D eigenvalue weighted by atomic mass is 9.95. The quantitative estimate of drug-likeness (QED) is 0.284. The van der Waals surface area contributed by atoms with Crippen LogP contribution in [-0.2, 0) is 26.9 Å². The van der Waals surface area contributed by atoms with Gasteiger partial charge in [0.1, 0.15) is 0 Å². The van der Waals surface area contributed by atoms with Gasteiger partial charge in [-0.2, -0.15) is 0 Å². The van der Waals surface area contributed by atoms with Crippen molar-refractivity contribution in [3.8, 4) is 0 Å². The number of rotatable bonds is 10. The Labute approximate surface area is 234 Å². The van der Waals surface area contributed by atoms with E-state index in [0.29, 0.717) is 29.4 Å².